The summed E-state index contributed by atoms with van der Waals surface area (Å²) in [5.74, 6) is 1.09. The first-order valence-electron chi connectivity index (χ1n) is 13.2. The quantitative estimate of drug-likeness (QED) is 0.286. The summed E-state index contributed by atoms with van der Waals surface area (Å²) in [6.45, 7) is 3.62. The van der Waals surface area contributed by atoms with E-state index in [1.807, 2.05) is 66.7 Å². The minimum Gasteiger partial charge on any atom is -0.497 e. The third-order valence-corrected chi connectivity index (χ3v) is 7.86. The molecule has 0 spiro atoms. The summed E-state index contributed by atoms with van der Waals surface area (Å²) in [4.78, 5) is 15.6. The first-order chi connectivity index (χ1) is 18.1. The van der Waals surface area contributed by atoms with Gasteiger partial charge in [-0.2, -0.15) is 0 Å². The summed E-state index contributed by atoms with van der Waals surface area (Å²) in [6.07, 6.45) is 11.2. The average Bonchev–Trinajstić information content (AvgIpc) is 2.95. The third-order valence-electron chi connectivity index (χ3n) is 7.61. The lowest BCUT2D eigenvalue weighted by Crippen LogP contribution is -2.42. The molecular formula is C32H34ClNO3. The topological polar surface area (TPSA) is 38.8 Å². The Morgan fingerprint density at radius 1 is 0.973 bits per heavy atom. The van der Waals surface area contributed by atoms with Crippen LogP contribution in [0.5, 0.6) is 11.5 Å². The molecule has 0 saturated carbocycles. The van der Waals surface area contributed by atoms with E-state index in [9.17, 15) is 4.79 Å². The summed E-state index contributed by atoms with van der Waals surface area (Å²) >= 11 is 6.16. The number of ether oxygens (including phenoxy) is 2. The second-order valence-electron chi connectivity index (χ2n) is 10.0. The maximum absolute atomic E-state index is 13.0. The summed E-state index contributed by atoms with van der Waals surface area (Å²) < 4.78 is 12.1. The van der Waals surface area contributed by atoms with Crippen molar-refractivity contribution in [1.29, 1.82) is 0 Å². The number of halogens is 1. The minimum atomic E-state index is -1.22. The number of methoxy groups -OCH3 is 1. The molecule has 0 bridgehead atoms. The van der Waals surface area contributed by atoms with E-state index in [0.717, 1.165) is 48.1 Å². The summed E-state index contributed by atoms with van der Waals surface area (Å²) in [7, 11) is 1.64. The second-order valence-corrected chi connectivity index (χ2v) is 10.4. The van der Waals surface area contributed by atoms with Gasteiger partial charge in [-0.1, -0.05) is 60.5 Å². The molecule has 5 heteroatoms. The number of aldehydes is 1. The van der Waals surface area contributed by atoms with E-state index in [-0.39, 0.29) is 5.92 Å². The third kappa shape index (κ3) is 5.61. The van der Waals surface area contributed by atoms with Crippen LogP contribution in [-0.4, -0.2) is 37.9 Å². The SMILES string of the molecule is COc1ccc2c(c1)C=CC(c1ccc(Cl)cc1)C2(C=O)Oc1ccc(CCCN2CCCCC2)cc1. The van der Waals surface area contributed by atoms with E-state index in [2.05, 4.69) is 17.0 Å². The van der Waals surface area contributed by atoms with E-state index in [1.54, 1.807) is 7.11 Å². The number of rotatable bonds is 9. The molecule has 4 nitrogen and oxygen atoms in total. The fraction of sp³-hybridized carbons (Fsp3) is 0.344. The van der Waals surface area contributed by atoms with Crippen molar-refractivity contribution in [3.05, 3.63) is 100 Å². The molecule has 192 valence electrons. The molecule has 0 N–H and O–H groups in total. The van der Waals surface area contributed by atoms with Crippen LogP contribution in [0.1, 0.15) is 53.9 Å². The van der Waals surface area contributed by atoms with E-state index in [4.69, 9.17) is 21.1 Å². The van der Waals surface area contributed by atoms with E-state index < -0.39 is 5.60 Å². The van der Waals surface area contributed by atoms with E-state index in [0.29, 0.717) is 10.8 Å². The number of hydrogen-bond donors (Lipinski definition) is 0. The molecule has 3 aromatic carbocycles. The number of likely N-dealkylation sites (tertiary alicyclic amines) is 1. The lowest BCUT2D eigenvalue weighted by molar-refractivity contribution is -0.123. The largest absolute Gasteiger partial charge is 0.497 e. The van der Waals surface area contributed by atoms with Crippen molar-refractivity contribution in [1.82, 2.24) is 4.90 Å². The summed E-state index contributed by atoms with van der Waals surface area (Å²) in [5.41, 5.74) is 2.75. The van der Waals surface area contributed by atoms with Gasteiger partial charge in [0.05, 0.1) is 13.0 Å². The maximum Gasteiger partial charge on any atom is 0.199 e. The zero-order valence-corrected chi connectivity index (χ0v) is 22.1. The highest BCUT2D eigenvalue weighted by molar-refractivity contribution is 6.30. The first-order valence-corrected chi connectivity index (χ1v) is 13.6. The Morgan fingerprint density at radius 3 is 2.41 bits per heavy atom. The van der Waals surface area contributed by atoms with Crippen molar-refractivity contribution >= 4 is 24.0 Å². The minimum absolute atomic E-state index is 0.313. The monoisotopic (exact) mass is 515 g/mol. The Hall–Kier alpha value is -3.08. The van der Waals surface area contributed by atoms with Crippen molar-refractivity contribution in [2.45, 2.75) is 43.6 Å². The van der Waals surface area contributed by atoms with Gasteiger partial charge < -0.3 is 14.4 Å². The van der Waals surface area contributed by atoms with E-state index in [1.165, 1.54) is 37.9 Å². The van der Waals surface area contributed by atoms with Crippen molar-refractivity contribution in [2.75, 3.05) is 26.7 Å². The molecule has 1 aliphatic heterocycles. The fourth-order valence-electron chi connectivity index (χ4n) is 5.59. The molecule has 2 aliphatic rings. The molecule has 2 atom stereocenters. The molecule has 0 amide bonds. The lowest BCUT2D eigenvalue weighted by Gasteiger charge is -2.39. The summed E-state index contributed by atoms with van der Waals surface area (Å²) in [5, 5.41) is 0.655. The number of benzene rings is 3. The maximum atomic E-state index is 13.0. The van der Waals surface area contributed by atoms with E-state index >= 15 is 0 Å². The Balaban J connectivity index is 1.40. The fourth-order valence-corrected chi connectivity index (χ4v) is 5.71. The number of fused-ring (bicyclic) bond motifs is 1. The number of hydrogen-bond acceptors (Lipinski definition) is 4. The molecule has 2 unspecified atom stereocenters. The normalized spacial score (nSPS) is 21.3. The smallest absolute Gasteiger partial charge is 0.199 e. The van der Waals surface area contributed by atoms with Crippen molar-refractivity contribution in [3.8, 4) is 11.5 Å². The Bertz CT molecular complexity index is 1230. The van der Waals surface area contributed by atoms with Gasteiger partial charge in [0.15, 0.2) is 11.9 Å². The zero-order valence-electron chi connectivity index (χ0n) is 21.4. The van der Waals surface area contributed by atoms with Gasteiger partial charge in [0.1, 0.15) is 11.5 Å². The van der Waals surface area contributed by atoms with Crippen LogP contribution in [0, 0.1) is 0 Å². The number of carbonyl (C=O) groups is 1. The Kier molecular flexibility index (Phi) is 7.97. The van der Waals surface area contributed by atoms with Gasteiger partial charge >= 0.3 is 0 Å². The van der Waals surface area contributed by atoms with Crippen molar-refractivity contribution in [3.63, 3.8) is 0 Å². The van der Waals surface area contributed by atoms with Crippen LogP contribution < -0.4 is 9.47 Å². The van der Waals surface area contributed by atoms with Crippen molar-refractivity contribution < 1.29 is 14.3 Å². The predicted octanol–water partition coefficient (Wildman–Crippen LogP) is 7.05. The van der Waals surface area contributed by atoms with Crippen molar-refractivity contribution in [2.24, 2.45) is 0 Å². The molecule has 1 heterocycles. The van der Waals surface area contributed by atoms with Gasteiger partial charge in [-0.05, 0) is 98.4 Å². The number of piperidine rings is 1. The van der Waals surface area contributed by atoms with Crippen LogP contribution in [0.2, 0.25) is 5.02 Å². The van der Waals surface area contributed by atoms with Gasteiger partial charge in [0.2, 0.25) is 0 Å². The molecule has 3 aromatic rings. The highest BCUT2D eigenvalue weighted by Crippen LogP contribution is 2.46. The van der Waals surface area contributed by atoms with Crippen LogP contribution in [0.4, 0.5) is 0 Å². The van der Waals surface area contributed by atoms with Crippen LogP contribution in [-0.2, 0) is 16.8 Å². The number of nitrogens with zero attached hydrogens (tertiary/aromatic N) is 1. The molecular weight excluding hydrogens is 482 g/mol. The van der Waals surface area contributed by atoms with Gasteiger partial charge in [-0.3, -0.25) is 4.79 Å². The Labute approximate surface area is 224 Å². The van der Waals surface area contributed by atoms with Gasteiger partial charge in [-0.25, -0.2) is 0 Å². The first kappa shape index (κ1) is 25.6. The number of aryl methyl sites for hydroxylation is 1. The lowest BCUT2D eigenvalue weighted by atomic mass is 9.72. The highest BCUT2D eigenvalue weighted by Gasteiger charge is 2.46. The molecule has 0 aromatic heterocycles. The highest BCUT2D eigenvalue weighted by atomic mass is 35.5. The van der Waals surface area contributed by atoms with Crippen LogP contribution in [0.15, 0.2) is 72.8 Å². The second kappa shape index (κ2) is 11.5. The van der Waals surface area contributed by atoms with Gasteiger partial charge in [0, 0.05) is 10.6 Å². The number of carbonyl (C=O) groups excluding carboxylic acids is 1. The molecule has 1 fully saturated rings. The standard InChI is InChI=1S/C32H34ClNO3/c1-36-29-16-18-31-26(22-29)11-17-30(25-9-12-27(33)13-10-25)32(31,23-35)37-28-14-7-24(8-15-28)6-5-21-34-19-3-2-4-20-34/h7-18,22-23,30H,2-6,19-21H2,1H3. The molecule has 37 heavy (non-hydrogen) atoms. The molecule has 1 saturated heterocycles. The molecule has 1 aliphatic carbocycles. The van der Waals surface area contributed by atoms with Crippen LogP contribution in [0.25, 0.3) is 6.08 Å². The van der Waals surface area contributed by atoms with Gasteiger partial charge in [0.25, 0.3) is 0 Å². The van der Waals surface area contributed by atoms with Crippen LogP contribution >= 0.6 is 11.6 Å². The summed E-state index contributed by atoms with van der Waals surface area (Å²) in [6, 6.07) is 21.6. The van der Waals surface area contributed by atoms with Gasteiger partial charge in [-0.15, -0.1) is 0 Å². The molecule has 5 rings (SSSR count). The van der Waals surface area contributed by atoms with Crippen LogP contribution in [0.3, 0.4) is 0 Å². The predicted molar refractivity (Wildman–Crippen MR) is 150 cm³/mol. The molecule has 0 radical (unpaired) electrons. The Morgan fingerprint density at radius 2 is 1.70 bits per heavy atom. The zero-order chi connectivity index (χ0) is 25.7. The average molecular weight is 516 g/mol.